The molecule has 1 amide bonds. The molecule has 4 rings (SSSR count). The smallest absolute Gasteiger partial charge is 0.295 e. The Kier molecular flexibility index (Phi) is 7.83. The SMILES string of the molecule is CCN(CC)c1ccc(C2/C(=C(\O)c3cc(Cl)ccc3OC)C(=O)C(=O)N2Cc2ccc(F)cc2)cc1. The van der Waals surface area contributed by atoms with E-state index in [1.54, 1.807) is 24.3 Å². The van der Waals surface area contributed by atoms with E-state index in [9.17, 15) is 19.1 Å². The molecular formula is C29H28ClFN2O4. The Bertz CT molecular complexity index is 1340. The van der Waals surface area contributed by atoms with Crippen molar-refractivity contribution in [2.75, 3.05) is 25.1 Å². The normalized spacial score (nSPS) is 16.8. The van der Waals surface area contributed by atoms with Gasteiger partial charge in [-0.2, -0.15) is 0 Å². The molecule has 0 spiro atoms. The number of ketones is 1. The number of aliphatic hydroxyl groups is 1. The zero-order valence-corrected chi connectivity index (χ0v) is 21.6. The third kappa shape index (κ3) is 5.18. The summed E-state index contributed by atoms with van der Waals surface area (Å²) in [5, 5.41) is 11.7. The first-order valence-electron chi connectivity index (χ1n) is 12.0. The molecule has 1 atom stereocenters. The minimum absolute atomic E-state index is 0.0524. The van der Waals surface area contributed by atoms with E-state index in [0.717, 1.165) is 18.8 Å². The van der Waals surface area contributed by atoms with Crippen molar-refractivity contribution in [3.8, 4) is 5.75 Å². The number of Topliss-reactive ketones (excluding diaryl/α,β-unsaturated/α-hetero) is 1. The van der Waals surface area contributed by atoms with Crippen LogP contribution in [0.3, 0.4) is 0 Å². The number of rotatable bonds is 8. The number of benzene rings is 3. The summed E-state index contributed by atoms with van der Waals surface area (Å²) in [7, 11) is 1.44. The Morgan fingerprint density at radius 1 is 1.03 bits per heavy atom. The predicted molar refractivity (Wildman–Crippen MR) is 142 cm³/mol. The molecule has 3 aromatic carbocycles. The Labute approximate surface area is 220 Å². The average Bonchev–Trinajstić information content (AvgIpc) is 3.15. The summed E-state index contributed by atoms with van der Waals surface area (Å²) in [5.74, 6) is -2.05. The summed E-state index contributed by atoms with van der Waals surface area (Å²) in [4.78, 5) is 30.2. The lowest BCUT2D eigenvalue weighted by Gasteiger charge is -2.27. The summed E-state index contributed by atoms with van der Waals surface area (Å²) < 4.78 is 18.9. The van der Waals surface area contributed by atoms with Crippen molar-refractivity contribution in [3.63, 3.8) is 0 Å². The van der Waals surface area contributed by atoms with E-state index in [0.29, 0.717) is 21.9 Å². The van der Waals surface area contributed by atoms with Crippen LogP contribution in [0, 0.1) is 5.82 Å². The Balaban J connectivity index is 1.87. The van der Waals surface area contributed by atoms with Crippen LogP contribution in [-0.4, -0.2) is 41.9 Å². The maximum Gasteiger partial charge on any atom is 0.295 e. The van der Waals surface area contributed by atoms with Gasteiger partial charge < -0.3 is 19.6 Å². The first kappa shape index (κ1) is 26.2. The standard InChI is InChI=1S/C29H28ClFN2O4/c1-4-32(5-2)22-13-8-19(9-14-22)26-25(27(34)23-16-20(30)10-15-24(23)37-3)28(35)29(36)33(26)17-18-6-11-21(31)12-7-18/h6-16,26,34H,4-5,17H2,1-3H3/b27-25+. The highest BCUT2D eigenvalue weighted by Gasteiger charge is 2.46. The van der Waals surface area contributed by atoms with Crippen molar-refractivity contribution in [1.29, 1.82) is 0 Å². The fourth-order valence-electron chi connectivity index (χ4n) is 4.64. The lowest BCUT2D eigenvalue weighted by Crippen LogP contribution is -2.29. The molecular weight excluding hydrogens is 495 g/mol. The minimum atomic E-state index is -0.875. The molecule has 0 saturated carbocycles. The van der Waals surface area contributed by atoms with Crippen LogP contribution in [0.2, 0.25) is 5.02 Å². The van der Waals surface area contributed by atoms with Gasteiger partial charge in [-0.3, -0.25) is 9.59 Å². The van der Waals surface area contributed by atoms with Gasteiger partial charge in [-0.05, 0) is 67.4 Å². The number of ether oxygens (including phenoxy) is 1. The largest absolute Gasteiger partial charge is 0.507 e. The van der Waals surface area contributed by atoms with Gasteiger partial charge in [0.2, 0.25) is 0 Å². The van der Waals surface area contributed by atoms with Gasteiger partial charge in [0.1, 0.15) is 17.3 Å². The highest BCUT2D eigenvalue weighted by molar-refractivity contribution is 6.46. The van der Waals surface area contributed by atoms with Crippen molar-refractivity contribution in [3.05, 3.63) is 99.8 Å². The summed E-state index contributed by atoms with van der Waals surface area (Å²) in [6.07, 6.45) is 0. The van der Waals surface area contributed by atoms with Gasteiger partial charge in [0.25, 0.3) is 11.7 Å². The van der Waals surface area contributed by atoms with Crippen molar-refractivity contribution in [2.45, 2.75) is 26.4 Å². The molecule has 1 aliphatic rings. The second-order valence-corrected chi connectivity index (χ2v) is 9.10. The number of hydrogen-bond acceptors (Lipinski definition) is 5. The van der Waals surface area contributed by atoms with Crippen LogP contribution in [0.15, 0.2) is 72.3 Å². The van der Waals surface area contributed by atoms with Gasteiger partial charge in [-0.15, -0.1) is 0 Å². The number of carbonyl (C=O) groups excluding carboxylic acids is 2. The van der Waals surface area contributed by atoms with Gasteiger partial charge in [0.15, 0.2) is 0 Å². The van der Waals surface area contributed by atoms with E-state index >= 15 is 0 Å². The zero-order valence-electron chi connectivity index (χ0n) is 20.9. The van der Waals surface area contributed by atoms with Crippen LogP contribution >= 0.6 is 11.6 Å². The fourth-order valence-corrected chi connectivity index (χ4v) is 4.81. The van der Waals surface area contributed by atoms with Crippen molar-refractivity contribution in [1.82, 2.24) is 4.90 Å². The first-order valence-corrected chi connectivity index (χ1v) is 12.4. The number of anilines is 1. The van der Waals surface area contributed by atoms with Crippen LogP contribution in [-0.2, 0) is 16.1 Å². The summed E-state index contributed by atoms with van der Waals surface area (Å²) in [6, 6.07) is 17.1. The number of nitrogens with zero attached hydrogens (tertiary/aromatic N) is 2. The van der Waals surface area contributed by atoms with Crippen molar-refractivity contribution >= 4 is 34.7 Å². The molecule has 8 heteroatoms. The van der Waals surface area contributed by atoms with E-state index in [4.69, 9.17) is 16.3 Å². The maximum absolute atomic E-state index is 13.5. The van der Waals surface area contributed by atoms with Gasteiger partial charge in [-0.25, -0.2) is 4.39 Å². The Hall–Kier alpha value is -3.84. The van der Waals surface area contributed by atoms with E-state index in [-0.39, 0.29) is 23.4 Å². The Morgan fingerprint density at radius 3 is 2.27 bits per heavy atom. The van der Waals surface area contributed by atoms with E-state index in [1.165, 1.54) is 30.2 Å². The van der Waals surface area contributed by atoms with Gasteiger partial charge >= 0.3 is 0 Å². The second-order valence-electron chi connectivity index (χ2n) is 8.66. The molecule has 6 nitrogen and oxygen atoms in total. The maximum atomic E-state index is 13.5. The van der Waals surface area contributed by atoms with Gasteiger partial charge in [-0.1, -0.05) is 35.9 Å². The van der Waals surface area contributed by atoms with E-state index < -0.39 is 23.5 Å². The van der Waals surface area contributed by atoms with Crippen LogP contribution in [0.1, 0.15) is 36.6 Å². The monoisotopic (exact) mass is 522 g/mol. The number of methoxy groups -OCH3 is 1. The molecule has 1 unspecified atom stereocenters. The quantitative estimate of drug-likeness (QED) is 0.225. The molecule has 1 N–H and O–H groups in total. The summed E-state index contributed by atoms with van der Waals surface area (Å²) >= 11 is 6.18. The lowest BCUT2D eigenvalue weighted by atomic mass is 9.94. The topological polar surface area (TPSA) is 70.1 Å². The lowest BCUT2D eigenvalue weighted by molar-refractivity contribution is -0.140. The number of hydrogen-bond donors (Lipinski definition) is 1. The average molecular weight is 523 g/mol. The predicted octanol–water partition coefficient (Wildman–Crippen LogP) is 5.96. The van der Waals surface area contributed by atoms with E-state index in [1.807, 2.05) is 24.3 Å². The van der Waals surface area contributed by atoms with Crippen molar-refractivity contribution in [2.24, 2.45) is 0 Å². The molecule has 0 aromatic heterocycles. The molecule has 1 fully saturated rings. The summed E-state index contributed by atoms with van der Waals surface area (Å²) in [6.45, 7) is 5.83. The highest BCUT2D eigenvalue weighted by atomic mass is 35.5. The van der Waals surface area contributed by atoms with Gasteiger partial charge in [0, 0.05) is 30.3 Å². The Morgan fingerprint density at radius 2 is 1.68 bits per heavy atom. The van der Waals surface area contributed by atoms with Crippen molar-refractivity contribution < 1.29 is 23.8 Å². The van der Waals surface area contributed by atoms with Gasteiger partial charge in [0.05, 0.1) is 24.3 Å². The molecule has 0 bridgehead atoms. The number of halogens is 2. The molecule has 1 heterocycles. The highest BCUT2D eigenvalue weighted by Crippen LogP contribution is 2.42. The first-order chi connectivity index (χ1) is 17.8. The molecule has 0 aliphatic carbocycles. The van der Waals surface area contributed by atoms with Crippen LogP contribution in [0.5, 0.6) is 5.75 Å². The number of aliphatic hydroxyl groups excluding tert-OH is 1. The number of carbonyl (C=O) groups is 2. The fraction of sp³-hybridized carbons (Fsp3) is 0.241. The molecule has 37 heavy (non-hydrogen) atoms. The molecule has 1 aliphatic heterocycles. The minimum Gasteiger partial charge on any atom is -0.507 e. The van der Waals surface area contributed by atoms with Crippen LogP contribution in [0.4, 0.5) is 10.1 Å². The molecule has 192 valence electrons. The summed E-state index contributed by atoms with van der Waals surface area (Å²) in [5.41, 5.74) is 2.44. The number of amides is 1. The van der Waals surface area contributed by atoms with Crippen LogP contribution < -0.4 is 9.64 Å². The second kappa shape index (κ2) is 11.0. The molecule has 1 saturated heterocycles. The zero-order chi connectivity index (χ0) is 26.7. The van der Waals surface area contributed by atoms with Crippen LogP contribution in [0.25, 0.3) is 5.76 Å². The number of likely N-dealkylation sites (tertiary alicyclic amines) is 1. The molecule has 3 aromatic rings. The molecule has 0 radical (unpaired) electrons. The van der Waals surface area contributed by atoms with E-state index in [2.05, 4.69) is 18.7 Å². The third-order valence-corrected chi connectivity index (χ3v) is 6.80. The third-order valence-electron chi connectivity index (χ3n) is 6.56.